The Morgan fingerprint density at radius 3 is 2.35 bits per heavy atom. The summed E-state index contributed by atoms with van der Waals surface area (Å²) in [7, 11) is 0. The lowest BCUT2D eigenvalue weighted by atomic mass is 9.52. The minimum Gasteiger partial charge on any atom is -0.467 e. The largest absolute Gasteiger partial charge is 0.467 e. The van der Waals surface area contributed by atoms with E-state index in [0.717, 1.165) is 25.3 Å². The SMILES string of the molecule is O=C(OCC(=O)N(Cc1ccco1)C12CC3CC(CC(C3)C1)C2)c1c(F)cccc1Cl. The molecular formula is C24H25ClFNO4. The molecule has 0 N–H and O–H groups in total. The van der Waals surface area contributed by atoms with E-state index in [0.29, 0.717) is 30.1 Å². The molecule has 5 nitrogen and oxygen atoms in total. The van der Waals surface area contributed by atoms with Gasteiger partial charge in [0.15, 0.2) is 6.61 Å². The van der Waals surface area contributed by atoms with Crippen LogP contribution in [-0.4, -0.2) is 28.9 Å². The van der Waals surface area contributed by atoms with Gasteiger partial charge in [0.05, 0.1) is 17.8 Å². The number of hydrogen-bond donors (Lipinski definition) is 0. The van der Waals surface area contributed by atoms with Crippen LogP contribution >= 0.6 is 11.6 Å². The molecule has 1 heterocycles. The van der Waals surface area contributed by atoms with E-state index in [9.17, 15) is 14.0 Å². The maximum Gasteiger partial charge on any atom is 0.343 e. The number of rotatable bonds is 6. The highest BCUT2D eigenvalue weighted by atomic mass is 35.5. The van der Waals surface area contributed by atoms with Gasteiger partial charge in [-0.1, -0.05) is 17.7 Å². The van der Waals surface area contributed by atoms with Gasteiger partial charge in [-0.3, -0.25) is 4.79 Å². The molecular weight excluding hydrogens is 421 g/mol. The van der Waals surface area contributed by atoms with E-state index in [4.69, 9.17) is 20.8 Å². The van der Waals surface area contributed by atoms with Gasteiger partial charge in [0.2, 0.25) is 0 Å². The molecule has 0 unspecified atom stereocenters. The first-order chi connectivity index (χ1) is 14.9. The van der Waals surface area contributed by atoms with Crippen molar-refractivity contribution in [2.24, 2.45) is 17.8 Å². The molecule has 2 aromatic rings. The molecule has 0 atom stereocenters. The Hall–Kier alpha value is -2.34. The number of hydrogen-bond acceptors (Lipinski definition) is 4. The van der Waals surface area contributed by atoms with Crippen LogP contribution in [0.1, 0.15) is 54.6 Å². The van der Waals surface area contributed by atoms with E-state index in [-0.39, 0.29) is 22.0 Å². The average Bonchev–Trinajstić information content (AvgIpc) is 3.22. The summed E-state index contributed by atoms with van der Waals surface area (Å²) in [5, 5.41) is -0.0361. The Morgan fingerprint density at radius 1 is 1.10 bits per heavy atom. The fraction of sp³-hybridized carbons (Fsp3) is 0.500. The molecule has 0 aliphatic heterocycles. The van der Waals surface area contributed by atoms with Crippen molar-refractivity contribution in [3.63, 3.8) is 0 Å². The summed E-state index contributed by atoms with van der Waals surface area (Å²) in [5.41, 5.74) is -0.565. The predicted octanol–water partition coefficient (Wildman–Crippen LogP) is 5.23. The second kappa shape index (κ2) is 7.97. The lowest BCUT2D eigenvalue weighted by Crippen LogP contribution is -2.61. The average molecular weight is 446 g/mol. The van der Waals surface area contributed by atoms with Crippen LogP contribution in [-0.2, 0) is 16.1 Å². The highest BCUT2D eigenvalue weighted by Crippen LogP contribution is 2.58. The first-order valence-corrected chi connectivity index (χ1v) is 11.3. The predicted molar refractivity (Wildman–Crippen MR) is 112 cm³/mol. The summed E-state index contributed by atoms with van der Waals surface area (Å²) in [6, 6.07) is 7.63. The molecule has 0 radical (unpaired) electrons. The fourth-order valence-corrected chi connectivity index (χ4v) is 6.68. The van der Waals surface area contributed by atoms with Gasteiger partial charge in [-0.05, 0) is 80.5 Å². The highest BCUT2D eigenvalue weighted by Gasteiger charge is 2.54. The van der Waals surface area contributed by atoms with E-state index >= 15 is 0 Å². The van der Waals surface area contributed by atoms with E-state index < -0.39 is 18.4 Å². The third-order valence-electron chi connectivity index (χ3n) is 7.27. The Bertz CT molecular complexity index is 934. The van der Waals surface area contributed by atoms with Crippen molar-refractivity contribution in [2.45, 2.75) is 50.6 Å². The summed E-state index contributed by atoms with van der Waals surface area (Å²) < 4.78 is 24.8. The topological polar surface area (TPSA) is 59.8 Å². The Morgan fingerprint density at radius 2 is 1.77 bits per heavy atom. The van der Waals surface area contributed by atoms with Gasteiger partial charge >= 0.3 is 5.97 Å². The highest BCUT2D eigenvalue weighted by molar-refractivity contribution is 6.33. The Balaban J connectivity index is 1.36. The third kappa shape index (κ3) is 3.86. The summed E-state index contributed by atoms with van der Waals surface area (Å²) >= 11 is 5.96. The first-order valence-electron chi connectivity index (χ1n) is 10.9. The molecule has 0 saturated heterocycles. The molecule has 4 saturated carbocycles. The number of carbonyl (C=O) groups excluding carboxylic acids is 2. The normalized spacial score (nSPS) is 28.5. The second-order valence-electron chi connectivity index (χ2n) is 9.37. The minimum atomic E-state index is -0.931. The molecule has 0 spiro atoms. The zero-order chi connectivity index (χ0) is 21.6. The molecule has 1 aromatic carbocycles. The van der Waals surface area contributed by atoms with Gasteiger partial charge in [-0.25, -0.2) is 9.18 Å². The molecule has 4 aliphatic rings. The molecule has 1 amide bonds. The van der Waals surface area contributed by atoms with Crippen LogP contribution in [0.3, 0.4) is 0 Å². The third-order valence-corrected chi connectivity index (χ3v) is 7.58. The van der Waals surface area contributed by atoms with Crippen molar-refractivity contribution in [3.05, 3.63) is 58.8 Å². The molecule has 31 heavy (non-hydrogen) atoms. The second-order valence-corrected chi connectivity index (χ2v) is 9.78. The zero-order valence-electron chi connectivity index (χ0n) is 17.2. The summed E-state index contributed by atoms with van der Waals surface area (Å²) in [6.45, 7) is -0.109. The van der Waals surface area contributed by atoms with Crippen molar-refractivity contribution in [2.75, 3.05) is 6.61 Å². The van der Waals surface area contributed by atoms with Crippen LogP contribution in [0.15, 0.2) is 41.0 Å². The molecule has 1 aromatic heterocycles. The van der Waals surface area contributed by atoms with Crippen LogP contribution in [0.4, 0.5) is 4.39 Å². The quantitative estimate of drug-likeness (QED) is 0.571. The van der Waals surface area contributed by atoms with Crippen LogP contribution in [0.5, 0.6) is 0 Å². The molecule has 4 fully saturated rings. The maximum atomic E-state index is 14.0. The smallest absolute Gasteiger partial charge is 0.343 e. The molecule has 164 valence electrons. The van der Waals surface area contributed by atoms with Gasteiger partial charge in [0.25, 0.3) is 5.91 Å². The van der Waals surface area contributed by atoms with Gasteiger partial charge in [0, 0.05) is 5.54 Å². The van der Waals surface area contributed by atoms with Crippen LogP contribution < -0.4 is 0 Å². The van der Waals surface area contributed by atoms with Crippen LogP contribution in [0.2, 0.25) is 5.02 Å². The standard InChI is InChI=1S/C24H25ClFNO4/c25-19-4-1-5-20(26)22(19)23(29)31-14-21(28)27(13-18-3-2-6-30-18)24-10-15-7-16(11-24)9-17(8-15)12-24/h1-6,15-17H,7-14H2. The maximum absolute atomic E-state index is 14.0. The molecule has 4 aliphatic carbocycles. The van der Waals surface area contributed by atoms with Crippen molar-refractivity contribution in [1.29, 1.82) is 0 Å². The van der Waals surface area contributed by atoms with Crippen molar-refractivity contribution in [3.8, 4) is 0 Å². The number of ether oxygens (including phenoxy) is 1. The number of carbonyl (C=O) groups is 2. The minimum absolute atomic E-state index is 0.0361. The molecule has 7 heteroatoms. The number of furan rings is 1. The Labute approximate surface area is 185 Å². The number of halogens is 2. The first kappa shape index (κ1) is 20.6. The monoisotopic (exact) mass is 445 g/mol. The van der Waals surface area contributed by atoms with E-state index in [1.807, 2.05) is 11.0 Å². The lowest BCUT2D eigenvalue weighted by Gasteiger charge is -2.60. The zero-order valence-corrected chi connectivity index (χ0v) is 17.9. The van der Waals surface area contributed by atoms with Gasteiger partial charge in [-0.15, -0.1) is 0 Å². The fourth-order valence-electron chi connectivity index (χ4n) is 6.44. The van der Waals surface area contributed by atoms with Crippen molar-refractivity contribution >= 4 is 23.5 Å². The van der Waals surface area contributed by atoms with Gasteiger partial charge in [-0.2, -0.15) is 0 Å². The Kier molecular flexibility index (Phi) is 5.29. The number of nitrogens with zero attached hydrogens (tertiary/aromatic N) is 1. The van der Waals surface area contributed by atoms with E-state index in [1.165, 1.54) is 31.4 Å². The molecule has 4 bridgehead atoms. The molecule has 6 rings (SSSR count). The van der Waals surface area contributed by atoms with Crippen LogP contribution in [0.25, 0.3) is 0 Å². The van der Waals surface area contributed by atoms with Crippen molar-refractivity contribution < 1.29 is 23.1 Å². The lowest BCUT2D eigenvalue weighted by molar-refractivity contribution is -0.156. The van der Waals surface area contributed by atoms with E-state index in [2.05, 4.69) is 0 Å². The van der Waals surface area contributed by atoms with Crippen molar-refractivity contribution in [1.82, 2.24) is 4.90 Å². The number of esters is 1. The van der Waals surface area contributed by atoms with Crippen LogP contribution in [0, 0.1) is 23.6 Å². The summed E-state index contributed by atoms with van der Waals surface area (Å²) in [5.74, 6) is 0.680. The summed E-state index contributed by atoms with van der Waals surface area (Å²) in [4.78, 5) is 27.7. The van der Waals surface area contributed by atoms with Gasteiger partial charge < -0.3 is 14.1 Å². The summed E-state index contributed by atoms with van der Waals surface area (Å²) in [6.07, 6.45) is 8.31. The number of benzene rings is 1. The number of amides is 1. The van der Waals surface area contributed by atoms with Gasteiger partial charge in [0.1, 0.15) is 17.1 Å². The van der Waals surface area contributed by atoms with E-state index in [1.54, 1.807) is 12.3 Å².